The summed E-state index contributed by atoms with van der Waals surface area (Å²) in [7, 11) is -2.00. The maximum absolute atomic E-state index is 3.63. The zero-order valence-electron chi connectivity index (χ0n) is 16.7. The molecule has 0 atom stereocenters. The van der Waals surface area contributed by atoms with Crippen LogP contribution in [0.2, 0.25) is 13.1 Å². The summed E-state index contributed by atoms with van der Waals surface area (Å²) in [6, 6.07) is 33.3. The standard InChI is InChI=1S/C28H22Si/c1-29(2,22-21-24-13-7-4-8-14-24)27-18-10-17-25-15-9-16-26(28(25)27)20-19-23-11-5-3-6-12-23/h3-18H,1-2H3. The molecule has 0 spiro atoms. The molecule has 0 aromatic heterocycles. The molecule has 0 saturated heterocycles. The van der Waals surface area contributed by atoms with E-state index < -0.39 is 8.07 Å². The molecule has 0 aliphatic carbocycles. The molecule has 0 aliphatic heterocycles. The predicted octanol–water partition coefficient (Wildman–Crippen LogP) is 5.75. The highest BCUT2D eigenvalue weighted by Crippen LogP contribution is 2.20. The van der Waals surface area contributed by atoms with Crippen molar-refractivity contribution in [3.63, 3.8) is 0 Å². The molecular weight excluding hydrogens is 364 g/mol. The molecule has 4 rings (SSSR count). The van der Waals surface area contributed by atoms with Crippen LogP contribution in [0.5, 0.6) is 0 Å². The SMILES string of the molecule is C[Si](C)(C#Cc1ccccc1)c1cccc2cccc(C#Cc3ccccc3)c12. The van der Waals surface area contributed by atoms with Crippen molar-refractivity contribution in [1.29, 1.82) is 0 Å². The first-order chi connectivity index (χ1) is 14.1. The van der Waals surface area contributed by atoms with E-state index in [1.807, 2.05) is 48.5 Å². The minimum absolute atomic E-state index is 1.03. The third kappa shape index (κ3) is 4.32. The summed E-state index contributed by atoms with van der Waals surface area (Å²) in [5.41, 5.74) is 6.80. The largest absolute Gasteiger partial charge is 0.163 e. The summed E-state index contributed by atoms with van der Waals surface area (Å²) in [5.74, 6) is 10.1. The van der Waals surface area contributed by atoms with Crippen molar-refractivity contribution < 1.29 is 0 Å². The van der Waals surface area contributed by atoms with E-state index in [-0.39, 0.29) is 0 Å². The second-order valence-electron chi connectivity index (χ2n) is 7.57. The molecule has 0 nitrogen and oxygen atoms in total. The summed E-state index contributed by atoms with van der Waals surface area (Å²) in [6.45, 7) is 4.64. The Labute approximate surface area is 174 Å². The second kappa shape index (κ2) is 8.23. The fourth-order valence-electron chi connectivity index (χ4n) is 3.44. The lowest BCUT2D eigenvalue weighted by Gasteiger charge is -2.19. The number of fused-ring (bicyclic) bond motifs is 1. The molecule has 0 amide bonds. The van der Waals surface area contributed by atoms with Gasteiger partial charge in [0.15, 0.2) is 8.07 Å². The van der Waals surface area contributed by atoms with Gasteiger partial charge in [-0.05, 0) is 46.3 Å². The molecule has 138 valence electrons. The molecule has 0 heterocycles. The van der Waals surface area contributed by atoms with Crippen LogP contribution in [-0.4, -0.2) is 8.07 Å². The monoisotopic (exact) mass is 386 g/mol. The lowest BCUT2D eigenvalue weighted by Crippen LogP contribution is -2.41. The van der Waals surface area contributed by atoms with Gasteiger partial charge in [-0.25, -0.2) is 0 Å². The highest BCUT2D eigenvalue weighted by atomic mass is 28.3. The molecule has 0 N–H and O–H groups in total. The second-order valence-corrected chi connectivity index (χ2v) is 11.6. The number of rotatable bonds is 1. The van der Waals surface area contributed by atoms with Crippen LogP contribution in [0.15, 0.2) is 97.1 Å². The van der Waals surface area contributed by atoms with Gasteiger partial charge in [-0.3, -0.25) is 0 Å². The van der Waals surface area contributed by atoms with Crippen molar-refractivity contribution in [3.05, 3.63) is 114 Å². The van der Waals surface area contributed by atoms with E-state index in [1.165, 1.54) is 16.0 Å². The Morgan fingerprint density at radius 2 is 1.14 bits per heavy atom. The topological polar surface area (TPSA) is 0 Å². The van der Waals surface area contributed by atoms with Crippen LogP contribution in [0, 0.1) is 23.3 Å². The van der Waals surface area contributed by atoms with E-state index in [9.17, 15) is 0 Å². The molecule has 1 heteroatoms. The van der Waals surface area contributed by atoms with Gasteiger partial charge in [-0.2, -0.15) is 0 Å². The lowest BCUT2D eigenvalue weighted by atomic mass is 10.0. The molecule has 0 radical (unpaired) electrons. The smallest absolute Gasteiger partial charge is 0.121 e. The lowest BCUT2D eigenvalue weighted by molar-refractivity contribution is 1.64. The zero-order valence-corrected chi connectivity index (χ0v) is 17.7. The van der Waals surface area contributed by atoms with E-state index >= 15 is 0 Å². The van der Waals surface area contributed by atoms with Crippen LogP contribution in [0.1, 0.15) is 16.7 Å². The first-order valence-electron chi connectivity index (χ1n) is 9.81. The minimum atomic E-state index is -2.00. The summed E-state index contributed by atoms with van der Waals surface area (Å²) in [4.78, 5) is 0. The molecule has 0 saturated carbocycles. The quantitative estimate of drug-likeness (QED) is 0.289. The third-order valence-electron chi connectivity index (χ3n) is 4.99. The van der Waals surface area contributed by atoms with Gasteiger partial charge in [0, 0.05) is 16.7 Å². The fourth-order valence-corrected chi connectivity index (χ4v) is 5.45. The molecule has 0 bridgehead atoms. The molecule has 0 unspecified atom stereocenters. The maximum atomic E-state index is 3.63. The number of hydrogen-bond acceptors (Lipinski definition) is 0. The molecule has 4 aromatic rings. The maximum Gasteiger partial charge on any atom is 0.163 e. The van der Waals surface area contributed by atoms with Crippen LogP contribution < -0.4 is 5.19 Å². The molecule has 0 aliphatic rings. The van der Waals surface area contributed by atoms with Crippen LogP contribution in [0.25, 0.3) is 10.8 Å². The highest BCUT2D eigenvalue weighted by molar-refractivity contribution is 6.98. The Morgan fingerprint density at radius 1 is 0.552 bits per heavy atom. The third-order valence-corrected chi connectivity index (χ3v) is 7.50. The molecule has 4 aromatic carbocycles. The van der Waals surface area contributed by atoms with Crippen molar-refractivity contribution in [1.82, 2.24) is 0 Å². The van der Waals surface area contributed by atoms with Crippen LogP contribution >= 0.6 is 0 Å². The van der Waals surface area contributed by atoms with Gasteiger partial charge in [-0.1, -0.05) is 97.6 Å². The van der Waals surface area contributed by atoms with Gasteiger partial charge >= 0.3 is 0 Å². The van der Waals surface area contributed by atoms with E-state index in [0.29, 0.717) is 0 Å². The number of hydrogen-bond donors (Lipinski definition) is 0. The van der Waals surface area contributed by atoms with Gasteiger partial charge in [0.05, 0.1) is 0 Å². The average Bonchev–Trinajstić information content (AvgIpc) is 2.77. The van der Waals surface area contributed by atoms with Crippen molar-refractivity contribution in [2.45, 2.75) is 13.1 Å². The van der Waals surface area contributed by atoms with E-state index in [2.05, 4.69) is 84.9 Å². The van der Waals surface area contributed by atoms with E-state index in [1.54, 1.807) is 0 Å². The highest BCUT2D eigenvalue weighted by Gasteiger charge is 2.24. The Hall–Kier alpha value is -3.52. The number of benzene rings is 4. The Kier molecular flexibility index (Phi) is 5.34. The minimum Gasteiger partial charge on any atom is -0.121 e. The van der Waals surface area contributed by atoms with Crippen molar-refractivity contribution in [2.24, 2.45) is 0 Å². The summed E-state index contributed by atoms with van der Waals surface area (Å²) in [5, 5.41) is 3.82. The fraction of sp³-hybridized carbons (Fsp3) is 0.0714. The summed E-state index contributed by atoms with van der Waals surface area (Å²) < 4.78 is 0. The van der Waals surface area contributed by atoms with E-state index in [4.69, 9.17) is 0 Å². The zero-order chi connectivity index (χ0) is 20.1. The van der Waals surface area contributed by atoms with Crippen molar-refractivity contribution in [3.8, 4) is 23.3 Å². The predicted molar refractivity (Wildman–Crippen MR) is 127 cm³/mol. The Morgan fingerprint density at radius 3 is 1.79 bits per heavy atom. The van der Waals surface area contributed by atoms with Crippen molar-refractivity contribution in [2.75, 3.05) is 0 Å². The molecule has 0 fully saturated rings. The van der Waals surface area contributed by atoms with Crippen molar-refractivity contribution >= 4 is 24.0 Å². The summed E-state index contributed by atoms with van der Waals surface area (Å²) >= 11 is 0. The molecule has 29 heavy (non-hydrogen) atoms. The average molecular weight is 387 g/mol. The van der Waals surface area contributed by atoms with Gasteiger partial charge in [0.1, 0.15) is 0 Å². The van der Waals surface area contributed by atoms with Crippen LogP contribution in [0.3, 0.4) is 0 Å². The summed E-state index contributed by atoms with van der Waals surface area (Å²) in [6.07, 6.45) is 0. The van der Waals surface area contributed by atoms with Gasteiger partial charge in [0.25, 0.3) is 0 Å². The Bertz CT molecular complexity index is 1260. The molecular formula is C28H22Si. The first-order valence-corrected chi connectivity index (χ1v) is 12.8. The first kappa shape index (κ1) is 18.8. The van der Waals surface area contributed by atoms with Crippen LogP contribution in [0.4, 0.5) is 0 Å². The van der Waals surface area contributed by atoms with Gasteiger partial charge in [0.2, 0.25) is 0 Å². The van der Waals surface area contributed by atoms with Gasteiger partial charge in [-0.15, -0.1) is 5.54 Å². The Balaban J connectivity index is 1.83. The normalized spacial score (nSPS) is 10.6. The van der Waals surface area contributed by atoms with Gasteiger partial charge < -0.3 is 0 Å². The van der Waals surface area contributed by atoms with E-state index in [0.717, 1.165) is 16.7 Å². The van der Waals surface area contributed by atoms with Crippen LogP contribution in [-0.2, 0) is 0 Å².